The Bertz CT molecular complexity index is 1150. The third-order valence-corrected chi connectivity index (χ3v) is 7.08. The fraction of sp³-hybridized carbons (Fsp3) is 0.409. The van der Waals surface area contributed by atoms with Crippen LogP contribution in [0, 0.1) is 45.9 Å². The molecule has 1 aromatic heterocycles. The third kappa shape index (κ3) is 4.68. The minimum atomic E-state index is -1.91. The van der Waals surface area contributed by atoms with E-state index in [1.807, 2.05) is 5.32 Å². The molecule has 2 aromatic rings. The number of nitriles is 1. The largest absolute Gasteiger partial charge is 0.491 e. The molecule has 11 heteroatoms. The summed E-state index contributed by atoms with van der Waals surface area (Å²) in [6, 6.07) is 2.14. The number of nitrogens with zero attached hydrogens (tertiary/aromatic N) is 1. The van der Waals surface area contributed by atoms with Crippen LogP contribution in [0.2, 0.25) is 0 Å². The van der Waals surface area contributed by atoms with E-state index in [1.165, 1.54) is 11.3 Å². The molecule has 1 amide bonds. The molecule has 2 N–H and O–H groups in total. The maximum Gasteiger partial charge on any atom is 0.263 e. The molecule has 3 rings (SSSR count). The van der Waals surface area contributed by atoms with Gasteiger partial charge in [0.05, 0.1) is 12.7 Å². The van der Waals surface area contributed by atoms with Gasteiger partial charge < -0.3 is 10.1 Å². The lowest BCUT2D eigenvalue weighted by Crippen LogP contribution is -2.35. The van der Waals surface area contributed by atoms with E-state index in [9.17, 15) is 27.6 Å². The second kappa shape index (κ2) is 9.27. The summed E-state index contributed by atoms with van der Waals surface area (Å²) >= 11 is 6.36. The van der Waals surface area contributed by atoms with Crippen LogP contribution in [-0.4, -0.2) is 18.1 Å². The molecule has 0 unspecified atom stereocenters. The smallest absolute Gasteiger partial charge is 0.263 e. The first kappa shape index (κ1) is 24.9. The maximum atomic E-state index is 14.2. The number of amides is 1. The van der Waals surface area contributed by atoms with Crippen molar-refractivity contribution in [3.8, 4) is 11.8 Å². The van der Waals surface area contributed by atoms with E-state index in [2.05, 4.69) is 36.9 Å². The second-order valence-electron chi connectivity index (χ2n) is 8.70. The van der Waals surface area contributed by atoms with Crippen LogP contribution >= 0.6 is 23.6 Å². The summed E-state index contributed by atoms with van der Waals surface area (Å²) in [4.78, 5) is 13.4. The molecule has 1 heterocycles. The lowest BCUT2D eigenvalue weighted by Gasteiger charge is -2.33. The zero-order chi connectivity index (χ0) is 24.7. The number of ether oxygens (including phenoxy) is 1. The van der Waals surface area contributed by atoms with E-state index in [0.29, 0.717) is 16.5 Å². The molecule has 0 fully saturated rings. The molecule has 0 radical (unpaired) electrons. The lowest BCUT2D eigenvalue weighted by atomic mass is 9.72. The van der Waals surface area contributed by atoms with E-state index in [4.69, 9.17) is 12.2 Å². The number of anilines is 1. The summed E-state index contributed by atoms with van der Waals surface area (Å²) in [5, 5.41) is 14.4. The van der Waals surface area contributed by atoms with Crippen molar-refractivity contribution in [3.05, 3.63) is 44.8 Å². The standard InChI is InChI=1S/C22H21F4N3O2S2/c1-22(2,3)9-5-6-10-11(8-27)20(33-12(10)7-9)29-21(32)28-19(30)13-14(23)16(25)18(31-4)17(26)15(13)24/h9H,5-7H2,1-4H3,(H2,28,29,30,32)/t9-/m1/s1. The van der Waals surface area contributed by atoms with Crippen molar-refractivity contribution in [3.63, 3.8) is 0 Å². The van der Waals surface area contributed by atoms with Crippen LogP contribution in [0.25, 0.3) is 0 Å². The average molecular weight is 500 g/mol. The number of hydrogen-bond acceptors (Lipinski definition) is 5. The van der Waals surface area contributed by atoms with Crippen LogP contribution < -0.4 is 15.4 Å². The molecule has 5 nitrogen and oxygen atoms in total. The van der Waals surface area contributed by atoms with Crippen LogP contribution in [0.15, 0.2) is 0 Å². The number of carbonyl (C=O) groups excluding carboxylic acids is 1. The third-order valence-electron chi connectivity index (χ3n) is 5.71. The molecule has 176 valence electrons. The van der Waals surface area contributed by atoms with E-state index in [-0.39, 0.29) is 10.5 Å². The number of carbonyl (C=O) groups is 1. The maximum absolute atomic E-state index is 14.2. The van der Waals surface area contributed by atoms with Gasteiger partial charge in [0.25, 0.3) is 5.91 Å². The SMILES string of the molecule is COc1c(F)c(F)c(C(=O)NC(=S)Nc2sc3c(c2C#N)CC[C@@H](C(C)(C)C)C3)c(F)c1F. The van der Waals surface area contributed by atoms with E-state index < -0.39 is 40.5 Å². The molecule has 0 saturated carbocycles. The number of thiocarbonyl (C=S) groups is 1. The summed E-state index contributed by atoms with van der Waals surface area (Å²) in [7, 11) is 0.830. The number of thiophene rings is 1. The molecule has 33 heavy (non-hydrogen) atoms. The molecular formula is C22H21F4N3O2S2. The van der Waals surface area contributed by atoms with Crippen molar-refractivity contribution >= 4 is 39.6 Å². The highest BCUT2D eigenvalue weighted by Crippen LogP contribution is 2.44. The van der Waals surface area contributed by atoms with Gasteiger partial charge in [0.1, 0.15) is 16.6 Å². The van der Waals surface area contributed by atoms with Gasteiger partial charge in [-0.25, -0.2) is 8.78 Å². The monoisotopic (exact) mass is 499 g/mol. The quantitative estimate of drug-likeness (QED) is 0.333. The average Bonchev–Trinajstić information content (AvgIpc) is 3.08. The minimum Gasteiger partial charge on any atom is -0.491 e. The van der Waals surface area contributed by atoms with Gasteiger partial charge in [-0.3, -0.25) is 10.1 Å². The first-order valence-corrected chi connectivity index (χ1v) is 11.2. The highest BCUT2D eigenvalue weighted by Gasteiger charge is 2.33. The molecule has 1 aliphatic rings. The van der Waals surface area contributed by atoms with Crippen LogP contribution in [-0.2, 0) is 12.8 Å². The summed E-state index contributed by atoms with van der Waals surface area (Å²) in [5.74, 6) is -9.85. The van der Waals surface area contributed by atoms with E-state index in [1.54, 1.807) is 0 Å². The molecule has 0 bridgehead atoms. The van der Waals surface area contributed by atoms with Gasteiger partial charge in [-0.15, -0.1) is 11.3 Å². The second-order valence-corrected chi connectivity index (χ2v) is 10.2. The first-order valence-electron chi connectivity index (χ1n) is 9.97. The van der Waals surface area contributed by atoms with Gasteiger partial charge in [0.2, 0.25) is 11.6 Å². The number of rotatable bonds is 3. The van der Waals surface area contributed by atoms with Gasteiger partial charge in [-0.05, 0) is 48.4 Å². The van der Waals surface area contributed by atoms with Crippen molar-refractivity contribution in [1.29, 1.82) is 5.26 Å². The molecule has 0 spiro atoms. The zero-order valence-corrected chi connectivity index (χ0v) is 19.9. The fourth-order valence-corrected chi connectivity index (χ4v) is 5.36. The Morgan fingerprint density at radius 2 is 1.79 bits per heavy atom. The molecule has 1 aliphatic carbocycles. The Hall–Kier alpha value is -2.71. The molecule has 0 saturated heterocycles. The topological polar surface area (TPSA) is 74.2 Å². The van der Waals surface area contributed by atoms with Crippen molar-refractivity contribution in [1.82, 2.24) is 5.32 Å². The number of nitrogens with one attached hydrogen (secondary N) is 2. The predicted octanol–water partition coefficient (Wildman–Crippen LogP) is 5.46. The van der Waals surface area contributed by atoms with Crippen LogP contribution in [0.3, 0.4) is 0 Å². The summed E-state index contributed by atoms with van der Waals surface area (Å²) < 4.78 is 60.5. The Kier molecular flexibility index (Phi) is 7.00. The highest BCUT2D eigenvalue weighted by molar-refractivity contribution is 7.80. The molecule has 0 aliphatic heterocycles. The van der Waals surface area contributed by atoms with Crippen molar-refractivity contribution in [2.75, 3.05) is 12.4 Å². The predicted molar refractivity (Wildman–Crippen MR) is 121 cm³/mol. The summed E-state index contributed by atoms with van der Waals surface area (Å²) in [6.07, 6.45) is 2.44. The molecule has 1 atom stereocenters. The number of methoxy groups -OCH3 is 1. The number of benzene rings is 1. The summed E-state index contributed by atoms with van der Waals surface area (Å²) in [6.45, 7) is 6.48. The Morgan fingerprint density at radius 1 is 1.18 bits per heavy atom. The number of fused-ring (bicyclic) bond motifs is 1. The molecular weight excluding hydrogens is 478 g/mol. The van der Waals surface area contributed by atoms with E-state index >= 15 is 0 Å². The first-order chi connectivity index (χ1) is 15.4. The Labute approximate surface area is 197 Å². The number of halogens is 4. The van der Waals surface area contributed by atoms with Gasteiger partial charge in [0.15, 0.2) is 22.5 Å². The highest BCUT2D eigenvalue weighted by atomic mass is 32.1. The summed E-state index contributed by atoms with van der Waals surface area (Å²) in [5.41, 5.74) is -0.0783. The molecule has 1 aromatic carbocycles. The van der Waals surface area contributed by atoms with E-state index in [0.717, 1.165) is 36.8 Å². The van der Waals surface area contributed by atoms with Gasteiger partial charge >= 0.3 is 0 Å². The fourth-order valence-electron chi connectivity index (χ4n) is 3.82. The number of hydrogen-bond donors (Lipinski definition) is 2. The van der Waals surface area contributed by atoms with Gasteiger partial charge in [-0.1, -0.05) is 20.8 Å². The van der Waals surface area contributed by atoms with Gasteiger partial charge in [-0.2, -0.15) is 14.0 Å². The normalized spacial score (nSPS) is 15.4. The Balaban J connectivity index is 1.82. The van der Waals surface area contributed by atoms with Gasteiger partial charge in [0, 0.05) is 4.88 Å². The Morgan fingerprint density at radius 3 is 2.30 bits per heavy atom. The van der Waals surface area contributed by atoms with Crippen LogP contribution in [0.5, 0.6) is 5.75 Å². The van der Waals surface area contributed by atoms with Crippen molar-refractivity contribution in [2.24, 2.45) is 11.3 Å². The lowest BCUT2D eigenvalue weighted by molar-refractivity contribution is 0.0966. The van der Waals surface area contributed by atoms with Crippen LogP contribution in [0.1, 0.15) is 53.6 Å². The van der Waals surface area contributed by atoms with Crippen LogP contribution in [0.4, 0.5) is 22.6 Å². The van der Waals surface area contributed by atoms with Crippen molar-refractivity contribution in [2.45, 2.75) is 40.0 Å². The minimum absolute atomic E-state index is 0.0996. The van der Waals surface area contributed by atoms with Crippen molar-refractivity contribution < 1.29 is 27.1 Å². The zero-order valence-electron chi connectivity index (χ0n) is 18.3.